The van der Waals surface area contributed by atoms with E-state index < -0.39 is 102 Å². The maximum Gasteiger partial charge on any atom is 0.386 e. The molecule has 8 rings (SSSR count). The third-order valence-electron chi connectivity index (χ3n) is 17.4. The van der Waals surface area contributed by atoms with E-state index in [-0.39, 0.29) is 0 Å². The third kappa shape index (κ3) is 19.4. The van der Waals surface area contributed by atoms with Gasteiger partial charge in [-0.25, -0.2) is 0 Å². The molecule has 92 heavy (non-hydrogen) atoms. The molecule has 0 amide bonds. The molecule has 490 valence electrons. The average molecular weight is 1440 g/mol. The maximum absolute atomic E-state index is 8.18. The first-order valence-electron chi connectivity index (χ1n) is 33.4. The molecule has 0 saturated heterocycles. The van der Waals surface area contributed by atoms with E-state index in [1.165, 1.54) is 20.7 Å². The first kappa shape index (κ1) is 73.8. The summed E-state index contributed by atoms with van der Waals surface area (Å²) in [6.45, 7) is 40.5. The average Bonchev–Trinajstić information content (AvgIpc) is 0.784. The van der Waals surface area contributed by atoms with Gasteiger partial charge in [0, 0.05) is 0 Å². The molecule has 0 saturated carbocycles. The molecule has 0 N–H and O–H groups in total. The molecule has 8 nitrogen and oxygen atoms in total. The fourth-order valence-corrected chi connectivity index (χ4v) is 70.5. The Morgan fingerprint density at radius 3 is 0.511 bits per heavy atom. The van der Waals surface area contributed by atoms with Crippen molar-refractivity contribution in [2.75, 3.05) is 0 Å². The zero-order valence-corrected chi connectivity index (χ0v) is 70.5. The zero-order chi connectivity index (χ0) is 66.6. The van der Waals surface area contributed by atoms with Crippen LogP contribution in [0.5, 0.6) is 0 Å². The smallest absolute Gasteiger partial charge is 0.386 e. The van der Waals surface area contributed by atoms with Crippen LogP contribution in [0.15, 0.2) is 243 Å². The van der Waals surface area contributed by atoms with E-state index in [1.54, 1.807) is 0 Å². The van der Waals surface area contributed by atoms with Crippen molar-refractivity contribution in [3.63, 3.8) is 0 Å². The van der Waals surface area contributed by atoms with Gasteiger partial charge in [-0.1, -0.05) is 250 Å². The Balaban J connectivity index is 1.09. The minimum Gasteiger partial charge on any atom is -0.433 e. The second-order valence-corrected chi connectivity index (χ2v) is 76.1. The molecule has 0 radical (unpaired) electrons. The quantitative estimate of drug-likeness (QED) is 0.0370. The lowest BCUT2D eigenvalue weighted by atomic mass is 10.4. The molecule has 0 atom stereocenters. The van der Waals surface area contributed by atoms with Crippen molar-refractivity contribution in [3.05, 3.63) is 243 Å². The van der Waals surface area contributed by atoms with Crippen molar-refractivity contribution in [1.82, 2.24) is 0 Å². The molecule has 0 unspecified atom stereocenters. The molecule has 0 aromatic heterocycles. The van der Waals surface area contributed by atoms with Gasteiger partial charge in [0.25, 0.3) is 0 Å². The predicted octanol–water partition coefficient (Wildman–Crippen LogP) is 14.6. The van der Waals surface area contributed by atoms with Crippen LogP contribution in [0.3, 0.4) is 0 Å². The van der Waals surface area contributed by atoms with Crippen LogP contribution in [0, 0.1) is 0 Å². The fraction of sp³-hybridized carbons (Fsp3) is 0.333. The summed E-state index contributed by atoms with van der Waals surface area (Å²) >= 11 is 0. The second-order valence-electron chi connectivity index (χ2n) is 29.4. The van der Waals surface area contributed by atoms with Crippen molar-refractivity contribution >= 4 is 143 Å². The number of hydrogen-bond acceptors (Lipinski definition) is 8. The Hall–Kier alpha value is -3.96. The van der Waals surface area contributed by atoms with Gasteiger partial charge in [0.05, 0.1) is 0 Å². The van der Waals surface area contributed by atoms with Gasteiger partial charge < -0.3 is 32.9 Å². The molecule has 0 aliphatic carbocycles. The van der Waals surface area contributed by atoms with Crippen molar-refractivity contribution < 1.29 is 32.9 Å². The lowest BCUT2D eigenvalue weighted by molar-refractivity contribution is 0.397. The summed E-state index contributed by atoms with van der Waals surface area (Å²) in [4.78, 5) is 0. The zero-order valence-electron chi connectivity index (χ0n) is 58.4. The Morgan fingerprint density at radius 1 is 0.217 bits per heavy atom. The highest BCUT2D eigenvalue weighted by Gasteiger charge is 2.56. The van der Waals surface area contributed by atoms with Gasteiger partial charge in [0.2, 0.25) is 0 Å². The molecule has 0 bridgehead atoms. The van der Waals surface area contributed by atoms with Crippen molar-refractivity contribution in [1.29, 1.82) is 0 Å². The summed E-state index contributed by atoms with van der Waals surface area (Å²) in [5, 5.41) is 9.26. The largest absolute Gasteiger partial charge is 0.433 e. The lowest BCUT2D eigenvalue weighted by Gasteiger charge is -2.46. The van der Waals surface area contributed by atoms with Crippen LogP contribution in [0.2, 0.25) is 147 Å². The van der Waals surface area contributed by atoms with Gasteiger partial charge in [-0.05, 0) is 189 Å². The highest BCUT2D eigenvalue weighted by atomic mass is 28.5. The molecule has 0 heterocycles. The van der Waals surface area contributed by atoms with Crippen LogP contribution in [-0.4, -0.2) is 102 Å². The highest BCUT2D eigenvalue weighted by Crippen LogP contribution is 2.35. The van der Waals surface area contributed by atoms with Gasteiger partial charge in [0.1, 0.15) is 0 Å². The topological polar surface area (TPSA) is 73.8 Å². The lowest BCUT2D eigenvalue weighted by Crippen LogP contribution is -2.71. The standard InChI is InChI=1S/C72H106O8Si12/c1-18-82(4,5)74-90(67-47-31-21-32-48-67,68-49-33-22-34-50-68)76-84(8,9)61-62-86(12,13)78-92(71-55-39-25-40-56-71,72-57-41-26-42-58-72)80-88(16,17)64-63-87(14,15)79-91(69-51-35-23-36-52-69,70-53-37-24-38-54-70)77-85(10,11)60-59-83(6,7)75-89(73-81(2)3,65-43-27-19-28-44-65)66-45-29-20-30-46-66/h19-58,81H,18,59-64H2,1-17H3. The van der Waals surface area contributed by atoms with Crippen LogP contribution < -0.4 is 41.5 Å². The van der Waals surface area contributed by atoms with E-state index in [0.717, 1.165) is 63.1 Å². The van der Waals surface area contributed by atoms with E-state index >= 15 is 0 Å². The van der Waals surface area contributed by atoms with Crippen molar-refractivity contribution in [3.8, 4) is 0 Å². The van der Waals surface area contributed by atoms with Crippen LogP contribution in [-0.2, 0) is 32.9 Å². The molecule has 20 heteroatoms. The third-order valence-corrected chi connectivity index (χ3v) is 64.8. The minimum absolute atomic E-state index is 0.894. The number of hydrogen-bond donors (Lipinski definition) is 0. The van der Waals surface area contributed by atoms with Crippen molar-refractivity contribution in [2.24, 2.45) is 0 Å². The number of rotatable bonds is 34. The van der Waals surface area contributed by atoms with Crippen LogP contribution in [0.25, 0.3) is 0 Å². The summed E-state index contributed by atoms with van der Waals surface area (Å²) < 4.78 is 63.2. The molecule has 8 aromatic carbocycles. The Morgan fingerprint density at radius 2 is 0.359 bits per heavy atom. The molecule has 0 aliphatic heterocycles. The normalized spacial score (nSPS) is 13.6. The van der Waals surface area contributed by atoms with E-state index in [0.29, 0.717) is 0 Å². The van der Waals surface area contributed by atoms with Crippen LogP contribution in [0.4, 0.5) is 0 Å². The highest BCUT2D eigenvalue weighted by molar-refractivity contribution is 7.06. The molecule has 0 aliphatic rings. The fourth-order valence-electron chi connectivity index (χ4n) is 12.2. The molecule has 8 aromatic rings. The summed E-state index contributed by atoms with van der Waals surface area (Å²) in [5.41, 5.74) is 0. The monoisotopic (exact) mass is 1430 g/mol. The molecule has 0 fully saturated rings. The summed E-state index contributed by atoms with van der Waals surface area (Å²) in [5.74, 6) is 0. The summed E-state index contributed by atoms with van der Waals surface area (Å²) in [6, 6.07) is 93.6. The van der Waals surface area contributed by atoms with Gasteiger partial charge in [-0.15, -0.1) is 0 Å². The summed E-state index contributed by atoms with van der Waals surface area (Å²) in [7, 11) is -32.3. The van der Waals surface area contributed by atoms with Crippen LogP contribution >= 0.6 is 0 Å². The second kappa shape index (κ2) is 31.1. The molecular weight excluding hydrogens is 1330 g/mol. The molecular formula is C72H106O8Si12. The minimum atomic E-state index is -3.43. The van der Waals surface area contributed by atoms with Gasteiger partial charge in [-0.2, -0.15) is 0 Å². The van der Waals surface area contributed by atoms with Gasteiger partial charge in [-0.3, -0.25) is 0 Å². The van der Waals surface area contributed by atoms with Gasteiger partial charge in [0.15, 0.2) is 67.3 Å². The van der Waals surface area contributed by atoms with Crippen molar-refractivity contribution in [2.45, 2.75) is 154 Å². The van der Waals surface area contributed by atoms with E-state index in [4.69, 9.17) is 32.9 Å². The van der Waals surface area contributed by atoms with E-state index in [2.05, 4.69) is 354 Å². The Bertz CT molecular complexity index is 3350. The Kier molecular flexibility index (Phi) is 24.9. The SMILES string of the molecule is CC[Si](C)(C)O[Si](O[Si](C)(C)CC[Si](C)(C)O[Si](O[Si](C)(C)CC[Si](C)(C)O[Si](O[Si](C)(C)CC[Si](C)(C)O[Si](O[SiH](C)C)(c1ccccc1)c1ccccc1)(c1ccccc1)c1ccccc1)(c1ccccc1)c1ccccc1)(c1ccccc1)c1ccccc1. The first-order chi connectivity index (χ1) is 43.4. The summed E-state index contributed by atoms with van der Waals surface area (Å²) in [6.07, 6.45) is 0. The van der Waals surface area contributed by atoms with Gasteiger partial charge >= 0.3 is 34.2 Å². The van der Waals surface area contributed by atoms with E-state index in [1.807, 2.05) is 0 Å². The van der Waals surface area contributed by atoms with Crippen LogP contribution in [0.1, 0.15) is 6.92 Å². The Labute approximate surface area is 568 Å². The van der Waals surface area contributed by atoms with E-state index in [9.17, 15) is 0 Å². The molecule has 0 spiro atoms. The maximum atomic E-state index is 8.18. The number of benzene rings is 8. The predicted molar refractivity (Wildman–Crippen MR) is 421 cm³/mol. The first-order valence-corrected chi connectivity index (χ1v) is 65.3.